The minimum Gasteiger partial charge on any atom is -0.493 e. The second-order valence-corrected chi connectivity index (χ2v) is 6.68. The number of anilines is 1. The van der Waals surface area contributed by atoms with E-state index in [2.05, 4.69) is 27.0 Å². The number of nitrogen functional groups attached to an aromatic ring is 1. The van der Waals surface area contributed by atoms with Gasteiger partial charge in [-0.25, -0.2) is 4.98 Å². The monoisotopic (exact) mass is 439 g/mol. The standard InChI is InChI=1S/C21H18BrN3O3/c1-26-18-8-12(9-19(27-2)20(18)28-3)14-10-17(25-21(24)15(14)11-23)13-6-4-5-7-16(13)22/h4-10H,1-3H3,(H2,24,25). The molecule has 0 spiro atoms. The van der Waals surface area contributed by atoms with Gasteiger partial charge in [-0.05, 0) is 29.8 Å². The van der Waals surface area contributed by atoms with Crippen LogP contribution in [0.1, 0.15) is 5.56 Å². The zero-order chi connectivity index (χ0) is 20.3. The summed E-state index contributed by atoms with van der Waals surface area (Å²) < 4.78 is 17.1. The Morgan fingerprint density at radius 1 is 0.964 bits per heavy atom. The Kier molecular flexibility index (Phi) is 5.71. The number of pyridine rings is 1. The Hall–Kier alpha value is -3.24. The smallest absolute Gasteiger partial charge is 0.203 e. The van der Waals surface area contributed by atoms with Crippen LogP contribution in [0.4, 0.5) is 5.82 Å². The Labute approximate surface area is 171 Å². The van der Waals surface area contributed by atoms with Gasteiger partial charge in [-0.3, -0.25) is 0 Å². The molecule has 0 amide bonds. The molecule has 6 nitrogen and oxygen atoms in total. The number of nitriles is 1. The largest absolute Gasteiger partial charge is 0.493 e. The molecule has 1 aromatic heterocycles. The quantitative estimate of drug-likeness (QED) is 0.621. The number of hydrogen-bond acceptors (Lipinski definition) is 6. The highest BCUT2D eigenvalue weighted by atomic mass is 79.9. The summed E-state index contributed by atoms with van der Waals surface area (Å²) in [6, 6.07) is 15.2. The lowest BCUT2D eigenvalue weighted by Gasteiger charge is -2.16. The van der Waals surface area contributed by atoms with E-state index in [-0.39, 0.29) is 11.4 Å². The van der Waals surface area contributed by atoms with Crippen molar-refractivity contribution in [3.63, 3.8) is 0 Å². The van der Waals surface area contributed by atoms with Crippen molar-refractivity contribution in [2.24, 2.45) is 0 Å². The molecule has 3 rings (SSSR count). The molecule has 2 N–H and O–H groups in total. The van der Waals surface area contributed by atoms with E-state index in [9.17, 15) is 5.26 Å². The molecule has 0 saturated carbocycles. The van der Waals surface area contributed by atoms with E-state index < -0.39 is 0 Å². The third kappa shape index (κ3) is 3.47. The second kappa shape index (κ2) is 8.19. The first kappa shape index (κ1) is 19.5. The van der Waals surface area contributed by atoms with Crippen molar-refractivity contribution in [2.75, 3.05) is 27.1 Å². The lowest BCUT2D eigenvalue weighted by atomic mass is 9.97. The average Bonchev–Trinajstić information content (AvgIpc) is 2.72. The first-order chi connectivity index (χ1) is 13.5. The van der Waals surface area contributed by atoms with E-state index in [0.29, 0.717) is 34.1 Å². The van der Waals surface area contributed by atoms with Crippen molar-refractivity contribution in [1.82, 2.24) is 4.98 Å². The summed E-state index contributed by atoms with van der Waals surface area (Å²) in [6.07, 6.45) is 0. The maximum atomic E-state index is 9.66. The average molecular weight is 440 g/mol. The van der Waals surface area contributed by atoms with Gasteiger partial charge >= 0.3 is 0 Å². The number of methoxy groups -OCH3 is 3. The molecule has 0 aliphatic heterocycles. The Balaban J connectivity index is 2.30. The first-order valence-electron chi connectivity index (χ1n) is 8.29. The third-order valence-electron chi connectivity index (χ3n) is 4.28. The Morgan fingerprint density at radius 3 is 2.14 bits per heavy atom. The minimum absolute atomic E-state index is 0.152. The van der Waals surface area contributed by atoms with Crippen molar-refractivity contribution in [1.29, 1.82) is 5.26 Å². The zero-order valence-corrected chi connectivity index (χ0v) is 17.2. The highest BCUT2D eigenvalue weighted by Crippen LogP contribution is 2.43. The number of nitrogens with two attached hydrogens (primary N) is 1. The summed E-state index contributed by atoms with van der Waals surface area (Å²) in [5, 5.41) is 9.66. The van der Waals surface area contributed by atoms with Crippen molar-refractivity contribution in [3.05, 3.63) is 52.5 Å². The number of hydrogen-bond donors (Lipinski definition) is 1. The van der Waals surface area contributed by atoms with Crippen LogP contribution in [-0.2, 0) is 0 Å². The van der Waals surface area contributed by atoms with E-state index >= 15 is 0 Å². The summed E-state index contributed by atoms with van der Waals surface area (Å²) in [4.78, 5) is 4.42. The molecule has 0 atom stereocenters. The van der Waals surface area contributed by atoms with Crippen LogP contribution in [-0.4, -0.2) is 26.3 Å². The van der Waals surface area contributed by atoms with E-state index in [1.807, 2.05) is 30.3 Å². The number of ether oxygens (including phenoxy) is 3. The lowest BCUT2D eigenvalue weighted by Crippen LogP contribution is -2.01. The summed E-state index contributed by atoms with van der Waals surface area (Å²) >= 11 is 3.54. The van der Waals surface area contributed by atoms with E-state index in [4.69, 9.17) is 19.9 Å². The predicted molar refractivity (Wildman–Crippen MR) is 112 cm³/mol. The van der Waals surface area contributed by atoms with Crippen LogP contribution in [0.5, 0.6) is 17.2 Å². The summed E-state index contributed by atoms with van der Waals surface area (Å²) in [6.45, 7) is 0. The van der Waals surface area contributed by atoms with Crippen molar-refractivity contribution >= 4 is 21.7 Å². The van der Waals surface area contributed by atoms with Gasteiger partial charge in [-0.15, -0.1) is 0 Å². The molecule has 0 saturated heterocycles. The summed E-state index contributed by atoms with van der Waals surface area (Å²) in [5.41, 5.74) is 9.24. The third-order valence-corrected chi connectivity index (χ3v) is 4.98. The summed E-state index contributed by atoms with van der Waals surface area (Å²) in [5.74, 6) is 1.59. The van der Waals surface area contributed by atoms with Gasteiger partial charge in [-0.2, -0.15) is 5.26 Å². The summed E-state index contributed by atoms with van der Waals surface area (Å²) in [7, 11) is 4.62. The van der Waals surface area contributed by atoms with E-state index in [1.165, 1.54) is 7.11 Å². The van der Waals surface area contributed by atoms with Gasteiger partial charge in [-0.1, -0.05) is 34.1 Å². The molecule has 3 aromatic rings. The second-order valence-electron chi connectivity index (χ2n) is 5.82. The van der Waals surface area contributed by atoms with Crippen LogP contribution in [0.25, 0.3) is 22.4 Å². The number of aromatic nitrogens is 1. The van der Waals surface area contributed by atoms with Crippen molar-refractivity contribution < 1.29 is 14.2 Å². The highest BCUT2D eigenvalue weighted by Gasteiger charge is 2.19. The normalized spacial score (nSPS) is 10.2. The molecule has 0 unspecified atom stereocenters. The molecule has 0 aliphatic carbocycles. The van der Waals surface area contributed by atoms with Gasteiger partial charge in [0.1, 0.15) is 17.5 Å². The van der Waals surface area contributed by atoms with Gasteiger partial charge in [0.2, 0.25) is 5.75 Å². The van der Waals surface area contributed by atoms with Gasteiger partial charge < -0.3 is 19.9 Å². The molecule has 7 heteroatoms. The van der Waals surface area contributed by atoms with Crippen LogP contribution in [0.15, 0.2) is 46.9 Å². The maximum absolute atomic E-state index is 9.66. The van der Waals surface area contributed by atoms with Gasteiger partial charge in [0.25, 0.3) is 0 Å². The zero-order valence-electron chi connectivity index (χ0n) is 15.6. The molecule has 0 radical (unpaired) electrons. The fourth-order valence-corrected chi connectivity index (χ4v) is 3.44. The van der Waals surface area contributed by atoms with Crippen LogP contribution >= 0.6 is 15.9 Å². The fraction of sp³-hybridized carbons (Fsp3) is 0.143. The van der Waals surface area contributed by atoms with E-state index in [0.717, 1.165) is 10.0 Å². The van der Waals surface area contributed by atoms with Crippen LogP contribution < -0.4 is 19.9 Å². The molecule has 2 aromatic carbocycles. The minimum atomic E-state index is 0.152. The molecular formula is C21H18BrN3O3. The first-order valence-corrected chi connectivity index (χ1v) is 9.09. The van der Waals surface area contributed by atoms with Crippen molar-refractivity contribution in [3.8, 4) is 45.7 Å². The molecule has 0 bridgehead atoms. The van der Waals surface area contributed by atoms with Crippen LogP contribution in [0, 0.1) is 11.3 Å². The molecule has 0 fully saturated rings. The van der Waals surface area contributed by atoms with Crippen LogP contribution in [0.3, 0.4) is 0 Å². The fourth-order valence-electron chi connectivity index (χ4n) is 2.95. The number of halogens is 1. The Morgan fingerprint density at radius 2 is 1.61 bits per heavy atom. The molecule has 28 heavy (non-hydrogen) atoms. The predicted octanol–water partition coefficient (Wildman–Crippen LogP) is 4.66. The SMILES string of the molecule is COc1cc(-c2cc(-c3ccccc3Br)nc(N)c2C#N)cc(OC)c1OC. The maximum Gasteiger partial charge on any atom is 0.203 e. The molecule has 1 heterocycles. The topological polar surface area (TPSA) is 90.4 Å². The van der Waals surface area contributed by atoms with Gasteiger partial charge in [0, 0.05) is 15.6 Å². The molecular weight excluding hydrogens is 422 g/mol. The number of nitrogens with zero attached hydrogens (tertiary/aromatic N) is 2. The highest BCUT2D eigenvalue weighted by molar-refractivity contribution is 9.10. The molecule has 0 aliphatic rings. The van der Waals surface area contributed by atoms with Crippen molar-refractivity contribution in [2.45, 2.75) is 0 Å². The van der Waals surface area contributed by atoms with Gasteiger partial charge in [0.05, 0.1) is 27.0 Å². The lowest BCUT2D eigenvalue weighted by molar-refractivity contribution is 0.324. The number of rotatable bonds is 5. The molecule has 142 valence electrons. The van der Waals surface area contributed by atoms with E-state index in [1.54, 1.807) is 26.4 Å². The number of benzene rings is 2. The Bertz CT molecular complexity index is 1050. The van der Waals surface area contributed by atoms with Gasteiger partial charge in [0.15, 0.2) is 11.5 Å². The van der Waals surface area contributed by atoms with Crippen LogP contribution in [0.2, 0.25) is 0 Å².